The second-order valence-electron chi connectivity index (χ2n) is 7.94. The normalized spacial score (nSPS) is 14.6. The highest BCUT2D eigenvalue weighted by Crippen LogP contribution is 2.26. The number of hydrogen-bond acceptors (Lipinski definition) is 8. The molecule has 1 aliphatic heterocycles. The molecule has 1 fully saturated rings. The molecule has 2 aromatic carbocycles. The fourth-order valence-corrected chi connectivity index (χ4v) is 6.20. The number of rotatable bonds is 9. The van der Waals surface area contributed by atoms with Crippen LogP contribution in [0.5, 0.6) is 0 Å². The van der Waals surface area contributed by atoms with E-state index in [1.165, 1.54) is 28.2 Å². The van der Waals surface area contributed by atoms with Gasteiger partial charge in [-0.3, -0.25) is 4.79 Å². The Morgan fingerprint density at radius 2 is 1.92 bits per heavy atom. The van der Waals surface area contributed by atoms with E-state index < -0.39 is 16.0 Å². The molecule has 0 radical (unpaired) electrons. The standard InChI is InChI=1S/C24H28N4O6S2/c1-3-28-21-9-8-17(23(30)34-4-2)14-20(21)26-24(28)35-16-22(29)25-18-6-5-7-19(15-18)36(31,32)27-10-12-33-13-11-27/h5-9,14-15H,3-4,10-13,16H2,1-2H3,(H,25,29). The lowest BCUT2D eigenvalue weighted by atomic mass is 10.2. The number of morpholine rings is 1. The molecule has 2 heterocycles. The lowest BCUT2D eigenvalue weighted by Gasteiger charge is -2.26. The molecule has 1 saturated heterocycles. The molecule has 4 rings (SSSR count). The molecule has 10 nitrogen and oxygen atoms in total. The van der Waals surface area contributed by atoms with E-state index in [1.54, 1.807) is 31.2 Å². The van der Waals surface area contributed by atoms with Crippen molar-refractivity contribution in [2.75, 3.05) is 44.0 Å². The average molecular weight is 533 g/mol. The average Bonchev–Trinajstić information content (AvgIpc) is 3.25. The van der Waals surface area contributed by atoms with Gasteiger partial charge in [0.15, 0.2) is 5.16 Å². The van der Waals surface area contributed by atoms with Gasteiger partial charge in [-0.15, -0.1) is 0 Å². The van der Waals surface area contributed by atoms with Crippen molar-refractivity contribution in [2.24, 2.45) is 0 Å². The molecule has 1 amide bonds. The molecular weight excluding hydrogens is 504 g/mol. The molecule has 1 aliphatic rings. The summed E-state index contributed by atoms with van der Waals surface area (Å²) in [4.78, 5) is 29.5. The number of carbonyl (C=O) groups is 2. The van der Waals surface area contributed by atoms with E-state index in [0.29, 0.717) is 61.4 Å². The number of benzene rings is 2. The second-order valence-corrected chi connectivity index (χ2v) is 10.8. The Hall–Kier alpha value is -2.93. The molecule has 1 N–H and O–H groups in total. The quantitative estimate of drug-likeness (QED) is 0.330. The van der Waals surface area contributed by atoms with Crippen LogP contribution in [0.15, 0.2) is 52.5 Å². The molecular formula is C24H28N4O6S2. The molecule has 0 unspecified atom stereocenters. The predicted octanol–water partition coefficient (Wildman–Crippen LogP) is 2.98. The van der Waals surface area contributed by atoms with E-state index in [0.717, 1.165) is 5.52 Å². The first kappa shape index (κ1) is 26.1. The van der Waals surface area contributed by atoms with E-state index in [-0.39, 0.29) is 16.6 Å². The molecule has 1 aromatic heterocycles. The monoisotopic (exact) mass is 532 g/mol. The van der Waals surface area contributed by atoms with Crippen molar-refractivity contribution in [1.29, 1.82) is 0 Å². The van der Waals surface area contributed by atoms with Crippen LogP contribution in [0.4, 0.5) is 5.69 Å². The van der Waals surface area contributed by atoms with Gasteiger partial charge >= 0.3 is 5.97 Å². The highest BCUT2D eigenvalue weighted by molar-refractivity contribution is 7.99. The van der Waals surface area contributed by atoms with Gasteiger partial charge in [0.1, 0.15) is 0 Å². The number of nitrogens with zero attached hydrogens (tertiary/aromatic N) is 3. The summed E-state index contributed by atoms with van der Waals surface area (Å²) in [7, 11) is -3.66. The van der Waals surface area contributed by atoms with Gasteiger partial charge < -0.3 is 19.4 Å². The number of esters is 1. The summed E-state index contributed by atoms with van der Waals surface area (Å²) in [6.45, 7) is 5.98. The van der Waals surface area contributed by atoms with Gasteiger partial charge in [-0.2, -0.15) is 4.31 Å². The maximum Gasteiger partial charge on any atom is 0.338 e. The SMILES string of the molecule is CCOC(=O)c1ccc2c(c1)nc(SCC(=O)Nc1cccc(S(=O)(=O)N3CCOCC3)c1)n2CC. The largest absolute Gasteiger partial charge is 0.462 e. The number of sulfonamides is 1. The van der Waals surface area contributed by atoms with Crippen LogP contribution in [0.25, 0.3) is 11.0 Å². The van der Waals surface area contributed by atoms with Gasteiger partial charge in [-0.25, -0.2) is 18.2 Å². The zero-order valence-electron chi connectivity index (χ0n) is 20.1. The lowest BCUT2D eigenvalue weighted by Crippen LogP contribution is -2.40. The third-order valence-electron chi connectivity index (χ3n) is 5.60. The van der Waals surface area contributed by atoms with Crippen LogP contribution in [0.3, 0.4) is 0 Å². The third-order valence-corrected chi connectivity index (χ3v) is 8.47. The summed E-state index contributed by atoms with van der Waals surface area (Å²) in [5, 5.41) is 3.42. The Morgan fingerprint density at radius 3 is 2.64 bits per heavy atom. The molecule has 0 spiro atoms. The van der Waals surface area contributed by atoms with E-state index >= 15 is 0 Å². The van der Waals surface area contributed by atoms with Gasteiger partial charge in [-0.1, -0.05) is 17.8 Å². The molecule has 36 heavy (non-hydrogen) atoms. The van der Waals surface area contributed by atoms with Crippen LogP contribution in [-0.2, 0) is 30.8 Å². The van der Waals surface area contributed by atoms with Gasteiger partial charge in [0.2, 0.25) is 15.9 Å². The van der Waals surface area contributed by atoms with Gasteiger partial charge in [-0.05, 0) is 50.2 Å². The molecule has 0 aliphatic carbocycles. The molecule has 0 bridgehead atoms. The first-order valence-corrected chi connectivity index (χ1v) is 14.0. The molecule has 12 heteroatoms. The first-order chi connectivity index (χ1) is 17.3. The van der Waals surface area contributed by atoms with Crippen molar-refractivity contribution in [3.05, 3.63) is 48.0 Å². The maximum absolute atomic E-state index is 12.9. The van der Waals surface area contributed by atoms with Crippen molar-refractivity contribution in [3.8, 4) is 0 Å². The van der Waals surface area contributed by atoms with Crippen LogP contribution in [0.2, 0.25) is 0 Å². The fourth-order valence-electron chi connectivity index (χ4n) is 3.86. The van der Waals surface area contributed by atoms with Crippen LogP contribution in [-0.4, -0.2) is 72.8 Å². The van der Waals surface area contributed by atoms with Crippen LogP contribution in [0.1, 0.15) is 24.2 Å². The van der Waals surface area contributed by atoms with Crippen molar-refractivity contribution >= 4 is 50.4 Å². The molecule has 192 valence electrons. The van der Waals surface area contributed by atoms with Crippen LogP contribution >= 0.6 is 11.8 Å². The number of nitrogens with one attached hydrogen (secondary N) is 1. The van der Waals surface area contributed by atoms with Crippen LogP contribution < -0.4 is 5.32 Å². The minimum atomic E-state index is -3.66. The number of imidazole rings is 1. The Kier molecular flexibility index (Phi) is 8.29. The second kappa shape index (κ2) is 11.4. The molecule has 0 atom stereocenters. The Labute approximate surface area is 214 Å². The van der Waals surface area contributed by atoms with E-state index in [1.807, 2.05) is 17.6 Å². The topological polar surface area (TPSA) is 120 Å². The number of aromatic nitrogens is 2. The summed E-state index contributed by atoms with van der Waals surface area (Å²) in [6.07, 6.45) is 0. The number of amides is 1. The number of ether oxygens (including phenoxy) is 2. The van der Waals surface area contributed by atoms with E-state index in [9.17, 15) is 18.0 Å². The van der Waals surface area contributed by atoms with Gasteiger partial charge in [0.05, 0.1) is 47.1 Å². The number of aryl methyl sites for hydroxylation is 1. The number of hydrogen-bond donors (Lipinski definition) is 1. The van der Waals surface area contributed by atoms with Gasteiger partial charge in [0, 0.05) is 25.3 Å². The highest BCUT2D eigenvalue weighted by Gasteiger charge is 2.26. The van der Waals surface area contributed by atoms with Crippen LogP contribution in [0, 0.1) is 0 Å². The first-order valence-electron chi connectivity index (χ1n) is 11.6. The summed E-state index contributed by atoms with van der Waals surface area (Å²) in [5.74, 6) is -0.617. The minimum absolute atomic E-state index is 0.0779. The predicted molar refractivity (Wildman–Crippen MR) is 137 cm³/mol. The maximum atomic E-state index is 12.9. The lowest BCUT2D eigenvalue weighted by molar-refractivity contribution is -0.113. The highest BCUT2D eigenvalue weighted by atomic mass is 32.2. The van der Waals surface area contributed by atoms with E-state index in [2.05, 4.69) is 10.3 Å². The van der Waals surface area contributed by atoms with E-state index in [4.69, 9.17) is 9.47 Å². The Bertz CT molecular complexity index is 1370. The fraction of sp³-hybridized carbons (Fsp3) is 0.375. The number of anilines is 1. The van der Waals surface area contributed by atoms with Gasteiger partial charge in [0.25, 0.3) is 0 Å². The van der Waals surface area contributed by atoms with Crippen molar-refractivity contribution < 1.29 is 27.5 Å². The smallest absolute Gasteiger partial charge is 0.338 e. The third kappa shape index (κ3) is 5.72. The van der Waals surface area contributed by atoms with Crippen molar-refractivity contribution in [3.63, 3.8) is 0 Å². The van der Waals surface area contributed by atoms with Crippen molar-refractivity contribution in [2.45, 2.75) is 30.4 Å². The number of thioether (sulfide) groups is 1. The zero-order chi connectivity index (χ0) is 25.7. The number of carbonyl (C=O) groups excluding carboxylic acids is 2. The summed E-state index contributed by atoms with van der Waals surface area (Å²) < 4.78 is 39.5. The number of fused-ring (bicyclic) bond motifs is 1. The Balaban J connectivity index is 1.44. The summed E-state index contributed by atoms with van der Waals surface area (Å²) in [5.41, 5.74) is 2.32. The zero-order valence-corrected chi connectivity index (χ0v) is 21.7. The molecule has 0 saturated carbocycles. The summed E-state index contributed by atoms with van der Waals surface area (Å²) in [6, 6.07) is 11.4. The minimum Gasteiger partial charge on any atom is -0.462 e. The summed E-state index contributed by atoms with van der Waals surface area (Å²) >= 11 is 1.26. The Morgan fingerprint density at radius 1 is 1.14 bits per heavy atom. The van der Waals surface area contributed by atoms with Crippen molar-refractivity contribution in [1.82, 2.24) is 13.9 Å². The molecule has 3 aromatic rings.